The Morgan fingerprint density at radius 3 is 2.47 bits per heavy atom. The second-order valence-corrected chi connectivity index (χ2v) is 9.56. The summed E-state index contributed by atoms with van der Waals surface area (Å²) in [6.07, 6.45) is -2.82. The van der Waals surface area contributed by atoms with Crippen molar-refractivity contribution in [2.45, 2.75) is 12.6 Å². The lowest BCUT2D eigenvalue weighted by Gasteiger charge is -2.25. The van der Waals surface area contributed by atoms with E-state index < -0.39 is 21.8 Å². The third kappa shape index (κ3) is 4.53. The van der Waals surface area contributed by atoms with Gasteiger partial charge < -0.3 is 14.4 Å². The Balaban J connectivity index is 1.81. The Kier molecular flexibility index (Phi) is 5.80. The van der Waals surface area contributed by atoms with Crippen molar-refractivity contribution in [1.82, 2.24) is 9.21 Å². The standard InChI is InChI=1S/C21H22F3N3O4S/c1-30-15-5-7-18-16(13-15)20(26-8-3-9-27(11-10-26)32(2,28)29)25-17-12-14(21(22,23)24)4-6-19(17)31-18/h4-7,12-13H,3,8-11H2,1-2H3. The number of fused-ring (bicyclic) bond motifs is 2. The molecule has 0 atom stereocenters. The van der Waals surface area contributed by atoms with Crippen LogP contribution in [0.25, 0.3) is 0 Å². The molecular formula is C21H22F3N3O4S. The Bertz CT molecular complexity index is 1170. The molecule has 0 unspecified atom stereocenters. The van der Waals surface area contributed by atoms with Crippen LogP contribution < -0.4 is 9.47 Å². The highest BCUT2D eigenvalue weighted by Crippen LogP contribution is 2.42. The highest BCUT2D eigenvalue weighted by Gasteiger charge is 2.33. The van der Waals surface area contributed by atoms with Crippen molar-refractivity contribution in [3.05, 3.63) is 47.5 Å². The van der Waals surface area contributed by atoms with E-state index in [2.05, 4.69) is 4.99 Å². The van der Waals surface area contributed by atoms with E-state index in [1.165, 1.54) is 17.5 Å². The summed E-state index contributed by atoms with van der Waals surface area (Å²) in [4.78, 5) is 6.45. The summed E-state index contributed by atoms with van der Waals surface area (Å²) in [6.45, 7) is 1.42. The first-order valence-corrected chi connectivity index (χ1v) is 11.8. The maximum Gasteiger partial charge on any atom is 0.416 e. The molecule has 1 saturated heterocycles. The summed E-state index contributed by atoms with van der Waals surface area (Å²) in [5.74, 6) is 1.57. The first-order valence-electron chi connectivity index (χ1n) is 9.92. The van der Waals surface area contributed by atoms with Crippen molar-refractivity contribution in [3.8, 4) is 17.2 Å². The van der Waals surface area contributed by atoms with Gasteiger partial charge in [-0.05, 0) is 42.8 Å². The number of nitrogens with zero attached hydrogens (tertiary/aromatic N) is 3. The third-order valence-corrected chi connectivity index (χ3v) is 6.69. The molecule has 0 saturated carbocycles. The van der Waals surface area contributed by atoms with Crippen molar-refractivity contribution in [2.75, 3.05) is 39.5 Å². The number of sulfonamides is 1. The first kappa shape index (κ1) is 22.4. The molecule has 7 nitrogen and oxygen atoms in total. The van der Waals surface area contributed by atoms with Crippen LogP contribution in [0.5, 0.6) is 17.2 Å². The molecule has 0 radical (unpaired) electrons. The van der Waals surface area contributed by atoms with E-state index in [0.717, 1.165) is 18.4 Å². The Morgan fingerprint density at radius 2 is 1.78 bits per heavy atom. The molecule has 32 heavy (non-hydrogen) atoms. The lowest BCUT2D eigenvalue weighted by Crippen LogP contribution is -2.37. The lowest BCUT2D eigenvalue weighted by molar-refractivity contribution is -0.137. The van der Waals surface area contributed by atoms with Gasteiger partial charge >= 0.3 is 6.18 Å². The maximum absolute atomic E-state index is 13.3. The molecule has 11 heteroatoms. The summed E-state index contributed by atoms with van der Waals surface area (Å²) in [6, 6.07) is 8.25. The number of benzene rings is 2. The number of methoxy groups -OCH3 is 1. The van der Waals surface area contributed by atoms with E-state index in [9.17, 15) is 21.6 Å². The topological polar surface area (TPSA) is 71.4 Å². The fraction of sp³-hybridized carbons (Fsp3) is 0.381. The summed E-state index contributed by atoms with van der Waals surface area (Å²) in [7, 11) is -1.84. The molecule has 0 amide bonds. The monoisotopic (exact) mass is 469 g/mol. The molecule has 0 aliphatic carbocycles. The molecule has 1 fully saturated rings. The largest absolute Gasteiger partial charge is 0.497 e. The number of amidine groups is 1. The molecule has 0 bridgehead atoms. The normalized spacial score (nSPS) is 17.4. The molecule has 2 aromatic rings. The van der Waals surface area contributed by atoms with E-state index in [-0.39, 0.29) is 18.0 Å². The van der Waals surface area contributed by atoms with Crippen molar-refractivity contribution in [3.63, 3.8) is 0 Å². The number of ether oxygens (including phenoxy) is 2. The molecule has 0 N–H and O–H groups in total. The Labute approximate surface area is 184 Å². The average Bonchev–Trinajstić information content (AvgIpc) is 3.06. The van der Waals surface area contributed by atoms with E-state index >= 15 is 0 Å². The molecule has 2 aliphatic heterocycles. The Morgan fingerprint density at radius 1 is 1.03 bits per heavy atom. The van der Waals surface area contributed by atoms with Crippen LogP contribution in [0.1, 0.15) is 17.5 Å². The SMILES string of the molecule is COc1ccc2c(c1)C(N1CCCN(S(C)(=O)=O)CC1)=Nc1cc(C(F)(F)F)ccc1O2. The van der Waals surface area contributed by atoms with E-state index in [0.29, 0.717) is 49.0 Å². The van der Waals surface area contributed by atoms with Gasteiger partial charge in [-0.2, -0.15) is 13.2 Å². The number of rotatable bonds is 2. The lowest BCUT2D eigenvalue weighted by atomic mass is 10.1. The highest BCUT2D eigenvalue weighted by molar-refractivity contribution is 7.88. The Hall–Kier alpha value is -2.79. The number of alkyl halides is 3. The van der Waals surface area contributed by atoms with Crippen molar-refractivity contribution in [2.24, 2.45) is 4.99 Å². The number of aliphatic imine (C=N–C) groups is 1. The van der Waals surface area contributed by atoms with Crippen LogP contribution >= 0.6 is 0 Å². The van der Waals surface area contributed by atoms with Crippen LogP contribution in [0, 0.1) is 0 Å². The predicted molar refractivity (Wildman–Crippen MR) is 113 cm³/mol. The molecule has 4 rings (SSSR count). The second-order valence-electron chi connectivity index (χ2n) is 7.58. The molecule has 2 aromatic carbocycles. The molecule has 0 spiro atoms. The molecule has 172 valence electrons. The number of hydrogen-bond acceptors (Lipinski definition) is 6. The minimum Gasteiger partial charge on any atom is -0.497 e. The fourth-order valence-electron chi connectivity index (χ4n) is 3.74. The van der Waals surface area contributed by atoms with Crippen LogP contribution in [0.2, 0.25) is 0 Å². The van der Waals surface area contributed by atoms with Crippen LogP contribution in [-0.2, 0) is 16.2 Å². The second kappa shape index (κ2) is 8.28. The number of hydrogen-bond donors (Lipinski definition) is 0. The van der Waals surface area contributed by atoms with Gasteiger partial charge in [0.05, 0.1) is 24.5 Å². The summed E-state index contributed by atoms with van der Waals surface area (Å²) in [5, 5.41) is 0. The summed E-state index contributed by atoms with van der Waals surface area (Å²) < 4.78 is 76.5. The quantitative estimate of drug-likeness (QED) is 0.668. The third-order valence-electron chi connectivity index (χ3n) is 5.38. The van der Waals surface area contributed by atoms with Gasteiger partial charge in [-0.1, -0.05) is 0 Å². The van der Waals surface area contributed by atoms with Gasteiger partial charge in [0.15, 0.2) is 5.75 Å². The van der Waals surface area contributed by atoms with E-state index in [1.54, 1.807) is 18.2 Å². The zero-order valence-corrected chi connectivity index (χ0v) is 18.3. The molecular weight excluding hydrogens is 447 g/mol. The van der Waals surface area contributed by atoms with Crippen molar-refractivity contribution >= 4 is 21.5 Å². The highest BCUT2D eigenvalue weighted by atomic mass is 32.2. The predicted octanol–water partition coefficient (Wildman–Crippen LogP) is 3.87. The van der Waals surface area contributed by atoms with Gasteiger partial charge in [0.25, 0.3) is 0 Å². The van der Waals surface area contributed by atoms with E-state index in [1.807, 2.05) is 4.90 Å². The molecule has 0 aromatic heterocycles. The van der Waals surface area contributed by atoms with Gasteiger partial charge in [-0.15, -0.1) is 0 Å². The van der Waals surface area contributed by atoms with Crippen molar-refractivity contribution in [1.29, 1.82) is 0 Å². The molecule has 2 heterocycles. The molecule has 2 aliphatic rings. The minimum absolute atomic E-state index is 0.0502. The van der Waals surface area contributed by atoms with E-state index in [4.69, 9.17) is 9.47 Å². The van der Waals surface area contributed by atoms with Gasteiger partial charge in [-0.3, -0.25) is 0 Å². The maximum atomic E-state index is 13.3. The first-order chi connectivity index (χ1) is 15.1. The zero-order chi connectivity index (χ0) is 23.1. The van der Waals surface area contributed by atoms with Crippen LogP contribution in [0.15, 0.2) is 41.4 Å². The van der Waals surface area contributed by atoms with Crippen molar-refractivity contribution < 1.29 is 31.1 Å². The van der Waals surface area contributed by atoms with Crippen LogP contribution in [0.3, 0.4) is 0 Å². The summed E-state index contributed by atoms with van der Waals surface area (Å²) >= 11 is 0. The van der Waals surface area contributed by atoms with Gasteiger partial charge in [-0.25, -0.2) is 17.7 Å². The van der Waals surface area contributed by atoms with Crippen LogP contribution in [0.4, 0.5) is 18.9 Å². The minimum atomic E-state index is -4.52. The number of halogens is 3. The van der Waals surface area contributed by atoms with Gasteiger partial charge in [0.1, 0.15) is 23.0 Å². The smallest absolute Gasteiger partial charge is 0.416 e. The zero-order valence-electron chi connectivity index (χ0n) is 17.5. The van der Waals surface area contributed by atoms with Gasteiger partial charge in [0.2, 0.25) is 10.0 Å². The van der Waals surface area contributed by atoms with Crippen LogP contribution in [-0.4, -0.2) is 63.0 Å². The fourth-order valence-corrected chi connectivity index (χ4v) is 4.61. The average molecular weight is 469 g/mol. The summed E-state index contributed by atoms with van der Waals surface area (Å²) in [5.41, 5.74) is -0.221. The van der Waals surface area contributed by atoms with Gasteiger partial charge in [0, 0.05) is 26.2 Å².